The van der Waals surface area contributed by atoms with Crippen LogP contribution < -0.4 is 0 Å². The molecule has 0 aliphatic heterocycles. The minimum atomic E-state index is -1.41. The van der Waals surface area contributed by atoms with E-state index in [1.54, 1.807) is 27.7 Å². The Morgan fingerprint density at radius 3 is 2.00 bits per heavy atom. The van der Waals surface area contributed by atoms with Crippen LogP contribution in [0.15, 0.2) is 0 Å². The van der Waals surface area contributed by atoms with Crippen LogP contribution in [0, 0.1) is 11.8 Å². The Kier molecular flexibility index (Phi) is 4.74. The van der Waals surface area contributed by atoms with E-state index in [1.165, 1.54) is 14.0 Å². The lowest BCUT2D eigenvalue weighted by atomic mass is 9.85. The molecule has 1 rings (SSSR count). The Morgan fingerprint density at radius 2 is 1.63 bits per heavy atom. The van der Waals surface area contributed by atoms with Gasteiger partial charge in [0.05, 0.1) is 18.6 Å². The molecule has 110 valence electrons. The maximum absolute atomic E-state index is 12.2. The summed E-state index contributed by atoms with van der Waals surface area (Å²) in [5.74, 6) is -1.12. The number of hydrogen-bond donors (Lipinski definition) is 0. The van der Waals surface area contributed by atoms with Gasteiger partial charge in [0.25, 0.3) is 0 Å². The first kappa shape index (κ1) is 16.1. The Morgan fingerprint density at radius 1 is 1.11 bits per heavy atom. The third-order valence-electron chi connectivity index (χ3n) is 3.29. The predicted octanol–water partition coefficient (Wildman–Crippen LogP) is 2.28. The Balaban J connectivity index is 2.84. The molecule has 2 unspecified atom stereocenters. The van der Waals surface area contributed by atoms with Crippen LogP contribution >= 0.6 is 0 Å². The molecule has 1 aliphatic carbocycles. The van der Waals surface area contributed by atoms with Crippen molar-refractivity contribution in [3.05, 3.63) is 0 Å². The van der Waals surface area contributed by atoms with Crippen LogP contribution in [0.25, 0.3) is 0 Å². The van der Waals surface area contributed by atoms with Crippen LogP contribution in [-0.2, 0) is 24.1 Å². The van der Waals surface area contributed by atoms with E-state index >= 15 is 0 Å². The molecular weight excluding hydrogens is 248 g/mol. The van der Waals surface area contributed by atoms with Gasteiger partial charge in [0.2, 0.25) is 5.60 Å². The zero-order valence-electron chi connectivity index (χ0n) is 12.6. The van der Waals surface area contributed by atoms with E-state index in [-0.39, 0.29) is 11.7 Å². The third kappa shape index (κ3) is 4.01. The number of carbonyl (C=O) groups is 2. The number of rotatable bonds is 6. The molecule has 5 heteroatoms. The number of ether oxygens (including phenoxy) is 1. The minimum absolute atomic E-state index is 0.0328. The van der Waals surface area contributed by atoms with Crippen molar-refractivity contribution in [3.63, 3.8) is 0 Å². The summed E-state index contributed by atoms with van der Waals surface area (Å²) in [4.78, 5) is 34.7. The van der Waals surface area contributed by atoms with Crippen LogP contribution in [0.3, 0.4) is 0 Å². The van der Waals surface area contributed by atoms with E-state index in [9.17, 15) is 9.59 Å². The number of Topliss-reactive ketones (excluding diaryl/α,β-unsaturated/α-hetero) is 1. The van der Waals surface area contributed by atoms with E-state index in [1.807, 2.05) is 0 Å². The van der Waals surface area contributed by atoms with Crippen molar-refractivity contribution in [2.75, 3.05) is 7.11 Å². The van der Waals surface area contributed by atoms with Gasteiger partial charge in [-0.1, -0.05) is 6.92 Å². The SMILES string of the molecule is COC(=O)C(C)(OOC(C)(C)C)C(C)C(=O)C1CC1. The van der Waals surface area contributed by atoms with Gasteiger partial charge in [0.15, 0.2) is 0 Å². The van der Waals surface area contributed by atoms with Gasteiger partial charge in [0, 0.05) is 5.92 Å². The normalized spacial score (nSPS) is 20.5. The summed E-state index contributed by atoms with van der Waals surface area (Å²) in [6.45, 7) is 8.63. The summed E-state index contributed by atoms with van der Waals surface area (Å²) in [6, 6.07) is 0. The van der Waals surface area contributed by atoms with Crippen molar-refractivity contribution in [3.8, 4) is 0 Å². The maximum Gasteiger partial charge on any atom is 0.342 e. The van der Waals surface area contributed by atoms with Crippen molar-refractivity contribution in [1.29, 1.82) is 0 Å². The third-order valence-corrected chi connectivity index (χ3v) is 3.29. The minimum Gasteiger partial charge on any atom is -0.467 e. The molecule has 2 atom stereocenters. The zero-order valence-corrected chi connectivity index (χ0v) is 12.6. The first-order chi connectivity index (χ1) is 8.62. The molecule has 0 radical (unpaired) electrons. The van der Waals surface area contributed by atoms with Crippen LogP contribution in [0.1, 0.15) is 47.5 Å². The largest absolute Gasteiger partial charge is 0.467 e. The molecule has 0 bridgehead atoms. The van der Waals surface area contributed by atoms with Crippen molar-refractivity contribution in [2.24, 2.45) is 11.8 Å². The van der Waals surface area contributed by atoms with Gasteiger partial charge in [-0.2, -0.15) is 0 Å². The maximum atomic E-state index is 12.2. The molecule has 1 saturated carbocycles. The summed E-state index contributed by atoms with van der Waals surface area (Å²) < 4.78 is 4.76. The highest BCUT2D eigenvalue weighted by atomic mass is 17.2. The topological polar surface area (TPSA) is 61.8 Å². The average Bonchev–Trinajstić information content (AvgIpc) is 3.16. The fraction of sp³-hybridized carbons (Fsp3) is 0.857. The highest BCUT2D eigenvalue weighted by molar-refractivity contribution is 5.92. The highest BCUT2D eigenvalue weighted by Gasteiger charge is 2.50. The molecule has 0 N–H and O–H groups in total. The number of esters is 1. The van der Waals surface area contributed by atoms with Crippen LogP contribution in [0.2, 0.25) is 0 Å². The molecular formula is C14H24O5. The fourth-order valence-electron chi connectivity index (χ4n) is 1.69. The Hall–Kier alpha value is -0.940. The number of carbonyl (C=O) groups excluding carboxylic acids is 2. The number of ketones is 1. The van der Waals surface area contributed by atoms with Gasteiger partial charge in [-0.05, 0) is 40.5 Å². The molecule has 1 aliphatic rings. The lowest BCUT2D eigenvalue weighted by Crippen LogP contribution is -2.50. The van der Waals surface area contributed by atoms with Gasteiger partial charge in [0.1, 0.15) is 5.78 Å². The summed E-state index contributed by atoms with van der Waals surface area (Å²) in [7, 11) is 1.27. The lowest BCUT2D eigenvalue weighted by Gasteiger charge is -2.33. The Bertz CT molecular complexity index is 353. The monoisotopic (exact) mass is 272 g/mol. The van der Waals surface area contributed by atoms with E-state index in [0.717, 1.165) is 12.8 Å². The van der Waals surface area contributed by atoms with Gasteiger partial charge < -0.3 is 4.74 Å². The fourth-order valence-corrected chi connectivity index (χ4v) is 1.69. The van der Waals surface area contributed by atoms with Crippen molar-refractivity contribution in [2.45, 2.75) is 58.7 Å². The van der Waals surface area contributed by atoms with Gasteiger partial charge in [-0.15, -0.1) is 0 Å². The molecule has 0 aromatic heterocycles. The standard InChI is InChI=1S/C14H24O5/c1-9(11(15)10-7-8-10)14(5,12(16)17-6)19-18-13(2,3)4/h9-10H,7-8H2,1-6H3. The molecule has 5 nitrogen and oxygen atoms in total. The van der Waals surface area contributed by atoms with E-state index in [4.69, 9.17) is 14.5 Å². The summed E-state index contributed by atoms with van der Waals surface area (Å²) in [6.07, 6.45) is 1.78. The second-order valence-electron chi connectivity index (χ2n) is 6.28. The van der Waals surface area contributed by atoms with Crippen LogP contribution in [0.4, 0.5) is 0 Å². The van der Waals surface area contributed by atoms with Gasteiger partial charge >= 0.3 is 5.97 Å². The van der Waals surface area contributed by atoms with E-state index in [2.05, 4.69) is 0 Å². The summed E-state index contributed by atoms with van der Waals surface area (Å²) in [5.41, 5.74) is -1.99. The number of hydrogen-bond acceptors (Lipinski definition) is 5. The van der Waals surface area contributed by atoms with E-state index < -0.39 is 23.1 Å². The molecule has 0 heterocycles. The molecule has 0 aromatic rings. The quantitative estimate of drug-likeness (QED) is 0.422. The molecule has 1 fully saturated rings. The van der Waals surface area contributed by atoms with E-state index in [0.29, 0.717) is 0 Å². The lowest BCUT2D eigenvalue weighted by molar-refractivity contribution is -0.399. The smallest absolute Gasteiger partial charge is 0.342 e. The molecule has 0 aromatic carbocycles. The first-order valence-corrected chi connectivity index (χ1v) is 6.61. The molecule has 19 heavy (non-hydrogen) atoms. The highest BCUT2D eigenvalue weighted by Crippen LogP contribution is 2.37. The summed E-state index contributed by atoms with van der Waals surface area (Å²) >= 11 is 0. The van der Waals surface area contributed by atoms with Crippen LogP contribution in [-0.4, -0.2) is 30.1 Å². The van der Waals surface area contributed by atoms with Crippen molar-refractivity contribution >= 4 is 11.8 Å². The zero-order chi connectivity index (χ0) is 14.8. The van der Waals surface area contributed by atoms with Crippen molar-refractivity contribution < 1.29 is 24.1 Å². The van der Waals surface area contributed by atoms with Crippen molar-refractivity contribution in [1.82, 2.24) is 0 Å². The first-order valence-electron chi connectivity index (χ1n) is 6.61. The second-order valence-corrected chi connectivity index (χ2v) is 6.28. The average molecular weight is 272 g/mol. The molecule has 0 spiro atoms. The van der Waals surface area contributed by atoms with Crippen LogP contribution in [0.5, 0.6) is 0 Å². The Labute approximate surface area is 114 Å². The molecule has 0 amide bonds. The van der Waals surface area contributed by atoms with Gasteiger partial charge in [-0.25, -0.2) is 14.6 Å². The molecule has 0 saturated heterocycles. The summed E-state index contributed by atoms with van der Waals surface area (Å²) in [5, 5.41) is 0. The second kappa shape index (κ2) is 5.59. The number of methoxy groups -OCH3 is 1. The van der Waals surface area contributed by atoms with Gasteiger partial charge in [-0.3, -0.25) is 4.79 Å². The predicted molar refractivity (Wildman–Crippen MR) is 69.2 cm³/mol.